The molecule has 0 aliphatic carbocycles. The number of aliphatic hydroxyl groups excluding tert-OH is 1. The molecule has 1 amide bonds. The molecule has 2 aliphatic rings. The topological polar surface area (TPSA) is 92.0 Å². The zero-order valence-electron chi connectivity index (χ0n) is 15.8. The van der Waals surface area contributed by atoms with Crippen LogP contribution in [-0.4, -0.2) is 50.7 Å². The van der Waals surface area contributed by atoms with Gasteiger partial charge in [-0.3, -0.25) is 10.1 Å². The molecular weight excluding hydrogens is 358 g/mol. The molecule has 1 unspecified atom stereocenters. The number of imidazole rings is 1. The second-order valence-electron chi connectivity index (χ2n) is 7.10. The number of hydrogen-bond donors (Lipinski definition) is 2. The maximum Gasteiger partial charge on any atom is 0.251 e. The van der Waals surface area contributed by atoms with Crippen molar-refractivity contribution in [2.24, 2.45) is 4.99 Å². The van der Waals surface area contributed by atoms with Gasteiger partial charge in [-0.1, -0.05) is 12.8 Å². The van der Waals surface area contributed by atoms with Crippen molar-refractivity contribution in [3.63, 3.8) is 0 Å². The molecule has 8 heteroatoms. The number of aryl methyl sites for hydroxylation is 1. The molecular formula is C20H25N5O3. The summed E-state index contributed by atoms with van der Waals surface area (Å²) in [5, 5.41) is 12.2. The number of benzene rings is 1. The number of aliphatic imine (C=N–C) groups is 1. The number of carbonyl (C=O) groups excluding carboxylic acids is 1. The van der Waals surface area contributed by atoms with Crippen molar-refractivity contribution in [1.82, 2.24) is 19.8 Å². The van der Waals surface area contributed by atoms with E-state index < -0.39 is 6.04 Å². The van der Waals surface area contributed by atoms with E-state index >= 15 is 0 Å². The zero-order chi connectivity index (χ0) is 19.3. The average molecular weight is 383 g/mol. The van der Waals surface area contributed by atoms with Crippen LogP contribution in [0, 0.1) is 0 Å². The molecule has 28 heavy (non-hydrogen) atoms. The van der Waals surface area contributed by atoms with Gasteiger partial charge in [0.2, 0.25) is 5.96 Å². The van der Waals surface area contributed by atoms with Crippen LogP contribution in [0.15, 0.2) is 41.9 Å². The molecule has 2 aromatic rings. The fourth-order valence-electron chi connectivity index (χ4n) is 3.56. The summed E-state index contributed by atoms with van der Waals surface area (Å²) in [6.45, 7) is 2.00. The van der Waals surface area contributed by atoms with Gasteiger partial charge in [0.15, 0.2) is 0 Å². The predicted molar refractivity (Wildman–Crippen MR) is 104 cm³/mol. The summed E-state index contributed by atoms with van der Waals surface area (Å²) < 4.78 is 8.00. The fourth-order valence-corrected chi connectivity index (χ4v) is 3.56. The Kier molecular flexibility index (Phi) is 5.57. The highest BCUT2D eigenvalue weighted by molar-refractivity contribution is 6.07. The van der Waals surface area contributed by atoms with Crippen molar-refractivity contribution in [1.29, 1.82) is 0 Å². The van der Waals surface area contributed by atoms with Gasteiger partial charge in [0, 0.05) is 31.0 Å². The largest absolute Gasteiger partial charge is 0.494 e. The molecule has 4 rings (SSSR count). The lowest BCUT2D eigenvalue weighted by Crippen LogP contribution is -2.39. The lowest BCUT2D eigenvalue weighted by atomic mass is 10.1. The van der Waals surface area contributed by atoms with Gasteiger partial charge in [-0.15, -0.1) is 0 Å². The SMILES string of the molecule is O=C1NC2=Nc3ccc(OCCCCCCn4ccnc4)cc3CN2C1CO. The number of aliphatic hydroxyl groups is 1. The molecule has 148 valence electrons. The molecule has 0 bridgehead atoms. The molecule has 2 N–H and O–H groups in total. The Bertz CT molecular complexity index is 850. The lowest BCUT2D eigenvalue weighted by Gasteiger charge is -2.27. The molecule has 1 aromatic carbocycles. The van der Waals surface area contributed by atoms with Crippen LogP contribution in [0.4, 0.5) is 5.69 Å². The first-order chi connectivity index (χ1) is 13.7. The minimum atomic E-state index is -0.571. The number of ether oxygens (including phenoxy) is 1. The van der Waals surface area contributed by atoms with E-state index in [-0.39, 0.29) is 12.5 Å². The van der Waals surface area contributed by atoms with E-state index in [0.29, 0.717) is 19.1 Å². The quantitative estimate of drug-likeness (QED) is 0.645. The first-order valence-electron chi connectivity index (χ1n) is 9.73. The van der Waals surface area contributed by atoms with Gasteiger partial charge < -0.3 is 19.3 Å². The summed E-state index contributed by atoms with van der Waals surface area (Å²) in [5.41, 5.74) is 1.83. The number of fused-ring (bicyclic) bond motifs is 2. The normalized spacial score (nSPS) is 17.8. The predicted octanol–water partition coefficient (Wildman–Crippen LogP) is 1.82. The van der Waals surface area contributed by atoms with E-state index in [0.717, 1.165) is 42.8 Å². The van der Waals surface area contributed by atoms with E-state index in [2.05, 4.69) is 19.9 Å². The van der Waals surface area contributed by atoms with E-state index in [4.69, 9.17) is 4.74 Å². The third kappa shape index (κ3) is 4.01. The van der Waals surface area contributed by atoms with Gasteiger partial charge >= 0.3 is 0 Å². The van der Waals surface area contributed by atoms with Crippen molar-refractivity contribution in [3.8, 4) is 5.75 Å². The summed E-state index contributed by atoms with van der Waals surface area (Å²) in [6.07, 6.45) is 10.1. The third-order valence-electron chi connectivity index (χ3n) is 5.12. The standard InChI is InChI=1S/C20H25N5O3/c26-13-18-19(27)23-20-22-17-6-5-16(11-15(17)12-25(18)20)28-10-4-2-1-3-8-24-9-7-21-14-24/h5-7,9,11,14,18,26H,1-4,8,10,12-13H2,(H,22,23,27). The van der Waals surface area contributed by atoms with Crippen LogP contribution in [-0.2, 0) is 17.9 Å². The van der Waals surface area contributed by atoms with Crippen LogP contribution in [0.5, 0.6) is 5.75 Å². The lowest BCUT2D eigenvalue weighted by molar-refractivity contribution is -0.122. The van der Waals surface area contributed by atoms with Crippen LogP contribution in [0.2, 0.25) is 0 Å². The van der Waals surface area contributed by atoms with Crippen LogP contribution in [0.3, 0.4) is 0 Å². The molecule has 0 radical (unpaired) electrons. The van der Waals surface area contributed by atoms with Gasteiger partial charge in [0.05, 0.1) is 25.2 Å². The molecule has 0 spiro atoms. The number of guanidine groups is 1. The summed E-state index contributed by atoms with van der Waals surface area (Å²) in [4.78, 5) is 22.2. The highest BCUT2D eigenvalue weighted by Crippen LogP contribution is 2.31. The number of nitrogens with one attached hydrogen (secondary N) is 1. The van der Waals surface area contributed by atoms with Gasteiger partial charge in [-0.05, 0) is 31.0 Å². The molecule has 1 saturated heterocycles. The highest BCUT2D eigenvalue weighted by Gasteiger charge is 2.38. The van der Waals surface area contributed by atoms with E-state index in [1.807, 2.05) is 30.7 Å². The molecule has 3 heterocycles. The van der Waals surface area contributed by atoms with Gasteiger partial charge in [-0.2, -0.15) is 0 Å². The van der Waals surface area contributed by atoms with E-state index in [1.54, 1.807) is 11.1 Å². The van der Waals surface area contributed by atoms with Crippen molar-refractivity contribution < 1.29 is 14.6 Å². The number of hydrogen-bond acceptors (Lipinski definition) is 6. The number of nitrogens with zero attached hydrogens (tertiary/aromatic N) is 4. The maximum absolute atomic E-state index is 11.9. The van der Waals surface area contributed by atoms with Gasteiger partial charge in [0.1, 0.15) is 11.8 Å². The van der Waals surface area contributed by atoms with Crippen molar-refractivity contribution in [2.45, 2.75) is 44.8 Å². The minimum absolute atomic E-state index is 0.210. The molecule has 1 aromatic heterocycles. The number of amides is 1. The molecule has 1 atom stereocenters. The number of carbonyl (C=O) groups is 1. The van der Waals surface area contributed by atoms with Gasteiger partial charge in [-0.25, -0.2) is 9.98 Å². The summed E-state index contributed by atoms with van der Waals surface area (Å²) in [5.74, 6) is 1.12. The Morgan fingerprint density at radius 1 is 1.25 bits per heavy atom. The Morgan fingerprint density at radius 3 is 2.96 bits per heavy atom. The molecule has 0 saturated carbocycles. The summed E-state index contributed by atoms with van der Waals surface area (Å²) >= 11 is 0. The van der Waals surface area contributed by atoms with Crippen LogP contribution in [0.1, 0.15) is 31.2 Å². The van der Waals surface area contributed by atoms with Crippen molar-refractivity contribution >= 4 is 17.6 Å². The van der Waals surface area contributed by atoms with Crippen molar-refractivity contribution in [2.75, 3.05) is 13.2 Å². The van der Waals surface area contributed by atoms with Crippen LogP contribution >= 0.6 is 0 Å². The Balaban J connectivity index is 1.23. The third-order valence-corrected chi connectivity index (χ3v) is 5.12. The average Bonchev–Trinajstić information content (AvgIpc) is 3.31. The second-order valence-corrected chi connectivity index (χ2v) is 7.10. The Morgan fingerprint density at radius 2 is 2.14 bits per heavy atom. The maximum atomic E-state index is 11.9. The molecule has 2 aliphatic heterocycles. The zero-order valence-corrected chi connectivity index (χ0v) is 15.8. The number of aromatic nitrogens is 2. The Labute approximate surface area is 163 Å². The molecule has 1 fully saturated rings. The second kappa shape index (κ2) is 8.43. The van der Waals surface area contributed by atoms with Crippen molar-refractivity contribution in [3.05, 3.63) is 42.5 Å². The van der Waals surface area contributed by atoms with E-state index in [1.165, 1.54) is 6.42 Å². The smallest absolute Gasteiger partial charge is 0.251 e. The van der Waals surface area contributed by atoms with Gasteiger partial charge in [0.25, 0.3) is 5.91 Å². The molecule has 8 nitrogen and oxygen atoms in total. The highest BCUT2D eigenvalue weighted by atomic mass is 16.5. The number of rotatable bonds is 9. The Hall–Kier alpha value is -2.87. The fraction of sp³-hybridized carbons (Fsp3) is 0.450. The van der Waals surface area contributed by atoms with E-state index in [9.17, 15) is 9.90 Å². The monoisotopic (exact) mass is 383 g/mol. The summed E-state index contributed by atoms with van der Waals surface area (Å²) in [7, 11) is 0. The minimum Gasteiger partial charge on any atom is -0.494 e. The van der Waals surface area contributed by atoms with Crippen LogP contribution < -0.4 is 10.1 Å². The first-order valence-corrected chi connectivity index (χ1v) is 9.73. The summed E-state index contributed by atoms with van der Waals surface area (Å²) in [6, 6.07) is 5.24. The first kappa shape index (κ1) is 18.5. The number of unbranched alkanes of at least 4 members (excludes halogenated alkanes) is 3. The van der Waals surface area contributed by atoms with Crippen LogP contribution in [0.25, 0.3) is 0 Å².